The Morgan fingerprint density at radius 2 is 1.90 bits per heavy atom. The van der Waals surface area contributed by atoms with Crippen LogP contribution in [0.1, 0.15) is 10.5 Å². The highest BCUT2D eigenvalue weighted by atomic mass is 16.6. The quantitative estimate of drug-likeness (QED) is 0.678. The first-order valence-electron chi connectivity index (χ1n) is 5.73. The lowest BCUT2D eigenvalue weighted by atomic mass is 10.2. The molecule has 20 heavy (non-hydrogen) atoms. The molecule has 7 heteroatoms. The smallest absolute Gasteiger partial charge is 0.276 e. The highest BCUT2D eigenvalue weighted by Crippen LogP contribution is 2.19. The van der Waals surface area contributed by atoms with Crippen LogP contribution in [0.3, 0.4) is 0 Å². The Balaban J connectivity index is 2.22. The van der Waals surface area contributed by atoms with Crippen LogP contribution < -0.4 is 10.6 Å². The van der Waals surface area contributed by atoms with E-state index < -0.39 is 4.92 Å². The van der Waals surface area contributed by atoms with Gasteiger partial charge in [-0.3, -0.25) is 14.9 Å². The van der Waals surface area contributed by atoms with E-state index in [1.165, 1.54) is 41.4 Å². The number of anilines is 2. The van der Waals surface area contributed by atoms with Crippen LogP contribution in [-0.4, -0.2) is 22.9 Å². The summed E-state index contributed by atoms with van der Waals surface area (Å²) in [6, 6.07) is 8.81. The van der Waals surface area contributed by atoms with Gasteiger partial charge in [-0.25, -0.2) is 4.98 Å². The summed E-state index contributed by atoms with van der Waals surface area (Å²) in [5, 5.41) is 10.6. The molecule has 102 valence electrons. The molecule has 0 fully saturated rings. The third-order valence-corrected chi connectivity index (χ3v) is 2.76. The number of pyridine rings is 1. The van der Waals surface area contributed by atoms with Crippen molar-refractivity contribution in [2.24, 2.45) is 0 Å². The van der Waals surface area contributed by atoms with E-state index in [4.69, 9.17) is 5.73 Å². The van der Waals surface area contributed by atoms with Crippen LogP contribution in [0.5, 0.6) is 0 Å². The van der Waals surface area contributed by atoms with Crippen molar-refractivity contribution < 1.29 is 9.72 Å². The van der Waals surface area contributed by atoms with E-state index in [9.17, 15) is 14.9 Å². The SMILES string of the molecule is CN(C(=O)c1ccc(N)cn1)c1ccc([N+](=O)[O-])cc1. The van der Waals surface area contributed by atoms with Crippen LogP contribution in [0.25, 0.3) is 0 Å². The zero-order chi connectivity index (χ0) is 14.7. The van der Waals surface area contributed by atoms with Crippen molar-refractivity contribution in [3.05, 3.63) is 58.4 Å². The molecule has 0 spiro atoms. The fourth-order valence-electron chi connectivity index (χ4n) is 1.62. The Hall–Kier alpha value is -2.96. The summed E-state index contributed by atoms with van der Waals surface area (Å²) in [4.78, 5) is 27.6. The summed E-state index contributed by atoms with van der Waals surface area (Å²) >= 11 is 0. The Bertz CT molecular complexity index is 638. The number of benzene rings is 1. The number of amides is 1. The minimum atomic E-state index is -0.493. The van der Waals surface area contributed by atoms with Crippen LogP contribution >= 0.6 is 0 Å². The number of nitro benzene ring substituents is 1. The van der Waals surface area contributed by atoms with Gasteiger partial charge < -0.3 is 10.6 Å². The molecule has 0 unspecified atom stereocenters. The Kier molecular flexibility index (Phi) is 3.60. The van der Waals surface area contributed by atoms with Gasteiger partial charge in [-0.15, -0.1) is 0 Å². The summed E-state index contributed by atoms with van der Waals surface area (Å²) in [6.07, 6.45) is 1.40. The average Bonchev–Trinajstić information content (AvgIpc) is 2.46. The van der Waals surface area contributed by atoms with Crippen molar-refractivity contribution in [3.63, 3.8) is 0 Å². The number of nitrogen functional groups attached to an aromatic ring is 1. The standard InChI is InChI=1S/C13H12N4O3/c1-16(10-3-5-11(6-4-10)17(19)20)13(18)12-7-2-9(14)8-15-12/h2-8H,14H2,1H3. The zero-order valence-corrected chi connectivity index (χ0v) is 10.7. The molecule has 0 aliphatic rings. The van der Waals surface area contributed by atoms with Gasteiger partial charge in [0, 0.05) is 24.9 Å². The maximum absolute atomic E-state index is 12.2. The topological polar surface area (TPSA) is 102 Å². The van der Waals surface area contributed by atoms with E-state index in [1.54, 1.807) is 13.1 Å². The summed E-state index contributed by atoms with van der Waals surface area (Å²) in [7, 11) is 1.57. The lowest BCUT2D eigenvalue weighted by Crippen LogP contribution is -2.27. The first-order valence-corrected chi connectivity index (χ1v) is 5.73. The Morgan fingerprint density at radius 3 is 2.40 bits per heavy atom. The minimum Gasteiger partial charge on any atom is -0.397 e. The number of nitro groups is 1. The van der Waals surface area contributed by atoms with Crippen molar-refractivity contribution in [2.75, 3.05) is 17.7 Å². The van der Waals surface area contributed by atoms with Gasteiger partial charge in [-0.2, -0.15) is 0 Å². The summed E-state index contributed by atoms with van der Waals surface area (Å²) in [5.41, 5.74) is 6.74. The summed E-state index contributed by atoms with van der Waals surface area (Å²) < 4.78 is 0. The number of hydrogen-bond acceptors (Lipinski definition) is 5. The van der Waals surface area contributed by atoms with Crippen LogP contribution in [0.2, 0.25) is 0 Å². The van der Waals surface area contributed by atoms with Crippen LogP contribution in [-0.2, 0) is 0 Å². The molecule has 0 aliphatic carbocycles. The predicted octanol–water partition coefficient (Wildman–Crippen LogP) is 1.85. The highest BCUT2D eigenvalue weighted by molar-refractivity contribution is 6.04. The molecule has 1 heterocycles. The van der Waals surface area contributed by atoms with Gasteiger partial charge in [0.25, 0.3) is 11.6 Å². The van der Waals surface area contributed by atoms with Crippen molar-refractivity contribution >= 4 is 23.0 Å². The Labute approximate surface area is 114 Å². The van der Waals surface area contributed by atoms with Crippen molar-refractivity contribution in [2.45, 2.75) is 0 Å². The van der Waals surface area contributed by atoms with Gasteiger partial charge in [0.15, 0.2) is 0 Å². The average molecular weight is 272 g/mol. The molecule has 2 aromatic rings. The van der Waals surface area contributed by atoms with Gasteiger partial charge in [-0.05, 0) is 24.3 Å². The van der Waals surface area contributed by atoms with Gasteiger partial charge >= 0.3 is 0 Å². The van der Waals surface area contributed by atoms with Gasteiger partial charge in [0.2, 0.25) is 0 Å². The second kappa shape index (κ2) is 5.35. The van der Waals surface area contributed by atoms with E-state index in [1.807, 2.05) is 0 Å². The van der Waals surface area contributed by atoms with Gasteiger partial charge in [-0.1, -0.05) is 0 Å². The van der Waals surface area contributed by atoms with Crippen molar-refractivity contribution in [1.82, 2.24) is 4.98 Å². The van der Waals surface area contributed by atoms with E-state index >= 15 is 0 Å². The molecule has 2 N–H and O–H groups in total. The van der Waals surface area contributed by atoms with E-state index in [0.29, 0.717) is 11.4 Å². The second-order valence-corrected chi connectivity index (χ2v) is 4.11. The predicted molar refractivity (Wildman–Crippen MR) is 74.5 cm³/mol. The fraction of sp³-hybridized carbons (Fsp3) is 0.0769. The number of hydrogen-bond donors (Lipinski definition) is 1. The highest BCUT2D eigenvalue weighted by Gasteiger charge is 2.15. The lowest BCUT2D eigenvalue weighted by molar-refractivity contribution is -0.384. The molecular weight excluding hydrogens is 260 g/mol. The number of aromatic nitrogens is 1. The van der Waals surface area contributed by atoms with Crippen molar-refractivity contribution in [1.29, 1.82) is 0 Å². The monoisotopic (exact) mass is 272 g/mol. The molecule has 0 bridgehead atoms. The molecule has 0 atom stereocenters. The first kappa shape index (κ1) is 13.5. The normalized spacial score (nSPS) is 10.1. The molecule has 1 amide bonds. The molecule has 1 aromatic carbocycles. The third kappa shape index (κ3) is 2.72. The molecular formula is C13H12N4O3. The summed E-state index contributed by atoms with van der Waals surface area (Å²) in [5.74, 6) is -0.321. The van der Waals surface area contributed by atoms with E-state index in [-0.39, 0.29) is 17.3 Å². The minimum absolute atomic E-state index is 0.0276. The molecule has 1 aromatic heterocycles. The maximum atomic E-state index is 12.2. The third-order valence-electron chi connectivity index (χ3n) is 2.76. The van der Waals surface area contributed by atoms with Crippen LogP contribution in [0.4, 0.5) is 17.1 Å². The van der Waals surface area contributed by atoms with Crippen LogP contribution in [0, 0.1) is 10.1 Å². The number of rotatable bonds is 3. The first-order chi connectivity index (χ1) is 9.49. The summed E-state index contributed by atoms with van der Waals surface area (Å²) in [6.45, 7) is 0. The number of nitrogens with zero attached hydrogens (tertiary/aromatic N) is 3. The van der Waals surface area contributed by atoms with E-state index in [0.717, 1.165) is 0 Å². The van der Waals surface area contributed by atoms with E-state index in [2.05, 4.69) is 4.98 Å². The molecule has 0 radical (unpaired) electrons. The number of non-ortho nitro benzene ring substituents is 1. The Morgan fingerprint density at radius 1 is 1.25 bits per heavy atom. The molecule has 0 aliphatic heterocycles. The molecule has 0 saturated heterocycles. The number of carbonyl (C=O) groups excluding carboxylic acids is 1. The number of carbonyl (C=O) groups is 1. The maximum Gasteiger partial charge on any atom is 0.276 e. The molecule has 7 nitrogen and oxygen atoms in total. The van der Waals surface area contributed by atoms with Gasteiger partial charge in [0.05, 0.1) is 16.8 Å². The van der Waals surface area contributed by atoms with Gasteiger partial charge in [0.1, 0.15) is 5.69 Å². The lowest BCUT2D eigenvalue weighted by Gasteiger charge is -2.16. The molecule has 2 rings (SSSR count). The number of nitrogens with two attached hydrogens (primary N) is 1. The zero-order valence-electron chi connectivity index (χ0n) is 10.7. The second-order valence-electron chi connectivity index (χ2n) is 4.11. The fourth-order valence-corrected chi connectivity index (χ4v) is 1.62. The molecule has 0 saturated carbocycles. The van der Waals surface area contributed by atoms with Crippen molar-refractivity contribution in [3.8, 4) is 0 Å². The largest absolute Gasteiger partial charge is 0.397 e. The van der Waals surface area contributed by atoms with Crippen LogP contribution in [0.15, 0.2) is 42.6 Å².